The minimum absolute atomic E-state index is 0.00441. The Balaban J connectivity index is 0.621. The van der Waals surface area contributed by atoms with Crippen LogP contribution in [0.4, 0.5) is 13.2 Å². The number of amides is 2. The summed E-state index contributed by atoms with van der Waals surface area (Å²) in [7, 11) is 0. The summed E-state index contributed by atoms with van der Waals surface area (Å²) in [4.78, 5) is 42.6. The number of piperidine rings is 1. The lowest BCUT2D eigenvalue weighted by Crippen LogP contribution is -2.56. The Morgan fingerprint density at radius 2 is 1.23 bits per heavy atom. The fourth-order valence-electron chi connectivity index (χ4n) is 10.0. The van der Waals surface area contributed by atoms with Crippen molar-refractivity contribution in [2.75, 3.05) is 119 Å². The number of aryl methyl sites for hydroxylation is 1. The highest BCUT2D eigenvalue weighted by Crippen LogP contribution is 2.42. The molecule has 2 aromatic heterocycles. The third-order valence-electron chi connectivity index (χ3n) is 14.1. The molecule has 0 aliphatic carbocycles. The number of benzene rings is 2. The van der Waals surface area contributed by atoms with E-state index in [1.165, 1.54) is 12.8 Å². The van der Waals surface area contributed by atoms with Gasteiger partial charge in [-0.1, -0.05) is 49.4 Å². The number of rotatable bonds is 38. The Hall–Kier alpha value is -5.44. The molecular weight excluding hydrogens is 1040 g/mol. The highest BCUT2D eigenvalue weighted by atomic mass is 19.1. The van der Waals surface area contributed by atoms with Gasteiger partial charge in [-0.05, 0) is 44.6 Å². The van der Waals surface area contributed by atoms with Crippen molar-refractivity contribution in [3.8, 4) is 5.75 Å². The minimum Gasteiger partial charge on any atom is -0.420 e. The third-order valence-corrected chi connectivity index (χ3v) is 14.1. The summed E-state index contributed by atoms with van der Waals surface area (Å²) in [6, 6.07) is 12.4. The molecule has 1 N–H and O–H groups in total. The number of carbonyl (C=O) groups is 3. The summed E-state index contributed by atoms with van der Waals surface area (Å²) in [5.41, 5.74) is 1.78. The molecule has 0 spiro atoms. The van der Waals surface area contributed by atoms with Crippen molar-refractivity contribution in [1.82, 2.24) is 44.9 Å². The number of likely N-dealkylation sites (tertiary alicyclic amines) is 1. The molecule has 0 saturated carbocycles. The number of nitrogens with zero attached hydrogens (tertiary/aromatic N) is 8. The van der Waals surface area contributed by atoms with E-state index in [0.717, 1.165) is 43.0 Å². The Bertz CT molecular complexity index is 2430. The second-order valence-electron chi connectivity index (χ2n) is 20.1. The van der Waals surface area contributed by atoms with E-state index in [2.05, 4.69) is 72.9 Å². The highest BCUT2D eigenvalue weighted by molar-refractivity contribution is 5.84. The van der Waals surface area contributed by atoms with Crippen LogP contribution in [0.2, 0.25) is 0 Å². The Morgan fingerprint density at radius 3 is 1.82 bits per heavy atom. The zero-order valence-electron chi connectivity index (χ0n) is 45.8. The Kier molecular flexibility index (Phi) is 25.3. The molecule has 2 aromatic carbocycles. The van der Waals surface area contributed by atoms with Gasteiger partial charge < -0.3 is 57.4 Å². The van der Waals surface area contributed by atoms with Gasteiger partial charge in [0.15, 0.2) is 11.6 Å². The zero-order chi connectivity index (χ0) is 55.8. The predicted octanol–water partition coefficient (Wildman–Crippen LogP) is 5.31. The van der Waals surface area contributed by atoms with Crippen LogP contribution in [-0.2, 0) is 65.4 Å². The number of esters is 1. The molecule has 5 heterocycles. The normalized spacial score (nSPS) is 17.9. The monoisotopic (exact) mass is 1110 g/mol. The number of hydrogen-bond donors (Lipinski definition) is 1. The fourth-order valence-corrected chi connectivity index (χ4v) is 10.0. The Labute approximate surface area is 460 Å². The van der Waals surface area contributed by atoms with Crippen molar-refractivity contribution in [2.45, 2.75) is 109 Å². The van der Waals surface area contributed by atoms with Gasteiger partial charge in [-0.25, -0.2) is 17.9 Å². The second-order valence-corrected chi connectivity index (χ2v) is 20.1. The van der Waals surface area contributed by atoms with Crippen LogP contribution in [-0.4, -0.2) is 188 Å². The van der Waals surface area contributed by atoms with Gasteiger partial charge >= 0.3 is 5.97 Å². The van der Waals surface area contributed by atoms with Crippen LogP contribution in [0.3, 0.4) is 0 Å². The first kappa shape index (κ1) is 61.2. The van der Waals surface area contributed by atoms with Gasteiger partial charge in [0, 0.05) is 55.8 Å². The first-order valence-corrected chi connectivity index (χ1v) is 27.6. The van der Waals surface area contributed by atoms with E-state index in [9.17, 15) is 27.6 Å². The first-order valence-electron chi connectivity index (χ1n) is 27.6. The van der Waals surface area contributed by atoms with E-state index in [1.807, 2.05) is 18.2 Å². The SMILES string of the molecule is Cc1nnc(C(C)C)n1C1CC2CCC(C1)N2CC[C@H](NC(=O)C1CN(C(=O)CCOCCOCCOCCOCc2cn(CCOCCOCCOCCOCCC(=O)Oc3c(F)cc(F)cc3F)nn2)C1)c1ccccc1. The van der Waals surface area contributed by atoms with Gasteiger partial charge in [0.2, 0.25) is 17.6 Å². The third kappa shape index (κ3) is 19.7. The van der Waals surface area contributed by atoms with Crippen LogP contribution < -0.4 is 10.1 Å². The van der Waals surface area contributed by atoms with E-state index < -0.39 is 29.2 Å². The zero-order valence-corrected chi connectivity index (χ0v) is 45.8. The number of ether oxygens (including phenoxy) is 9. The average Bonchev–Trinajstić information content (AvgIpc) is 4.27. The predicted molar refractivity (Wildman–Crippen MR) is 279 cm³/mol. The highest BCUT2D eigenvalue weighted by Gasteiger charge is 2.43. The molecule has 436 valence electrons. The van der Waals surface area contributed by atoms with Gasteiger partial charge in [0.1, 0.15) is 23.2 Å². The number of halogens is 3. The molecule has 24 heteroatoms. The molecule has 4 aromatic rings. The lowest BCUT2D eigenvalue weighted by molar-refractivity contribution is -0.144. The van der Waals surface area contributed by atoms with Crippen LogP contribution in [0.15, 0.2) is 48.7 Å². The quantitative estimate of drug-likeness (QED) is 0.0342. The van der Waals surface area contributed by atoms with E-state index in [1.54, 1.807) is 15.8 Å². The molecule has 3 aliphatic heterocycles. The van der Waals surface area contributed by atoms with Gasteiger partial charge in [0.25, 0.3) is 0 Å². The van der Waals surface area contributed by atoms with E-state index >= 15 is 0 Å². The van der Waals surface area contributed by atoms with E-state index in [-0.39, 0.29) is 69.7 Å². The second kappa shape index (κ2) is 32.7. The number of fused-ring (bicyclic) bond motifs is 2. The maximum absolute atomic E-state index is 13.6. The van der Waals surface area contributed by atoms with E-state index in [4.69, 9.17) is 37.9 Å². The van der Waals surface area contributed by atoms with Crippen LogP contribution in [0.5, 0.6) is 5.75 Å². The molecule has 3 atom stereocenters. The molecular formula is C55H78F3N9O12. The van der Waals surface area contributed by atoms with Gasteiger partial charge in [0.05, 0.1) is 143 Å². The minimum atomic E-state index is -1.31. The van der Waals surface area contributed by atoms with Gasteiger partial charge in [-0.15, -0.1) is 15.3 Å². The largest absolute Gasteiger partial charge is 0.420 e. The van der Waals surface area contributed by atoms with Crippen LogP contribution in [0.25, 0.3) is 0 Å². The van der Waals surface area contributed by atoms with Gasteiger partial charge in [-0.2, -0.15) is 0 Å². The van der Waals surface area contributed by atoms with Crippen LogP contribution in [0, 0.1) is 30.3 Å². The first-order chi connectivity index (χ1) is 38.4. The topological polar surface area (TPSA) is 214 Å². The summed E-state index contributed by atoms with van der Waals surface area (Å²) in [6.07, 6.45) is 7.18. The lowest BCUT2D eigenvalue weighted by Gasteiger charge is -2.41. The number of carbonyl (C=O) groups excluding carboxylic acids is 3. The number of nitrogens with one attached hydrogen (secondary N) is 1. The maximum atomic E-state index is 13.6. The molecule has 2 amide bonds. The smallest absolute Gasteiger partial charge is 0.313 e. The number of aromatic nitrogens is 6. The van der Waals surface area contributed by atoms with Gasteiger partial charge in [-0.3, -0.25) is 19.3 Å². The van der Waals surface area contributed by atoms with Crippen molar-refractivity contribution < 1.29 is 70.2 Å². The van der Waals surface area contributed by atoms with Crippen molar-refractivity contribution in [3.05, 3.63) is 89.0 Å². The van der Waals surface area contributed by atoms with E-state index in [0.29, 0.717) is 134 Å². The molecule has 0 radical (unpaired) electrons. The maximum Gasteiger partial charge on any atom is 0.313 e. The average molecular weight is 1110 g/mol. The molecule has 79 heavy (non-hydrogen) atoms. The summed E-state index contributed by atoms with van der Waals surface area (Å²) in [5.74, 6) is -3.45. The number of hydrogen-bond acceptors (Lipinski definition) is 17. The lowest BCUT2D eigenvalue weighted by atomic mass is 9.94. The molecule has 3 aliphatic rings. The summed E-state index contributed by atoms with van der Waals surface area (Å²) in [6.45, 7) is 13.8. The molecule has 2 bridgehead atoms. The molecule has 7 rings (SSSR count). The molecule has 21 nitrogen and oxygen atoms in total. The Morgan fingerprint density at radius 1 is 0.671 bits per heavy atom. The molecule has 2 unspecified atom stereocenters. The van der Waals surface area contributed by atoms with Crippen molar-refractivity contribution in [2.24, 2.45) is 5.92 Å². The van der Waals surface area contributed by atoms with Crippen LogP contribution in [0.1, 0.15) is 99.7 Å². The van der Waals surface area contributed by atoms with Crippen molar-refractivity contribution in [1.29, 1.82) is 0 Å². The van der Waals surface area contributed by atoms with Crippen LogP contribution >= 0.6 is 0 Å². The summed E-state index contributed by atoms with van der Waals surface area (Å²) in [5, 5.41) is 20.5. The summed E-state index contributed by atoms with van der Waals surface area (Å²) >= 11 is 0. The standard InChI is InChI=1S/C55H78F3N9O12/c1-39(2)54-62-60-40(3)67(54)47-33-45-9-10-46(34-47)66(45)14-11-50(41-7-5-4-6-8-41)59-55(70)42-35-64(36-42)51(68)12-16-71-19-22-74-27-28-77-29-30-78-38-44-37-65(63-61-44)15-18-73-21-24-76-26-25-75-23-20-72-17-13-52(69)79-53-48(57)31-43(56)32-49(53)58/h4-8,31-32,37,39,42,45-47,50H,9-30,33-36,38H2,1-3H3,(H,59,70)/t45?,46?,47?,50-/m0/s1. The fraction of sp³-hybridized carbons (Fsp3) is 0.655. The van der Waals surface area contributed by atoms with Crippen molar-refractivity contribution in [3.63, 3.8) is 0 Å². The van der Waals surface area contributed by atoms with Crippen molar-refractivity contribution >= 4 is 17.8 Å². The molecule has 3 saturated heterocycles. The summed E-state index contributed by atoms with van der Waals surface area (Å²) < 4.78 is 93.0. The molecule has 3 fully saturated rings.